The SMILES string of the molecule is Cc1ccc(NC(=O)c2c(-n3c(C)cc(C=Nc4ccccc4O)c3C)sc3c2CCCC3)cc1. The maximum Gasteiger partial charge on any atom is 0.258 e. The number of phenolic OH excluding ortho intramolecular Hbond substituents is 1. The number of rotatable bonds is 5. The smallest absolute Gasteiger partial charge is 0.258 e. The third-order valence-corrected chi connectivity index (χ3v) is 7.86. The van der Waals surface area contributed by atoms with Crippen LogP contribution in [0.15, 0.2) is 59.6 Å². The topological polar surface area (TPSA) is 66.6 Å². The molecule has 1 amide bonds. The van der Waals surface area contributed by atoms with E-state index in [1.165, 1.54) is 10.4 Å². The Kier molecular flexibility index (Phi) is 6.31. The first-order chi connectivity index (χ1) is 16.9. The number of anilines is 1. The number of phenols is 1. The van der Waals surface area contributed by atoms with Crippen LogP contribution in [0.25, 0.3) is 5.00 Å². The fraction of sp³-hybridized carbons (Fsp3) is 0.241. The zero-order chi connectivity index (χ0) is 24.5. The number of thiophene rings is 1. The van der Waals surface area contributed by atoms with Crippen molar-refractivity contribution < 1.29 is 9.90 Å². The van der Waals surface area contributed by atoms with Gasteiger partial charge in [-0.3, -0.25) is 9.79 Å². The Morgan fingerprint density at radius 2 is 1.80 bits per heavy atom. The van der Waals surface area contributed by atoms with Crippen LogP contribution >= 0.6 is 11.3 Å². The molecule has 0 bridgehead atoms. The number of aryl methyl sites for hydroxylation is 3. The van der Waals surface area contributed by atoms with E-state index in [4.69, 9.17) is 0 Å². The highest BCUT2D eigenvalue weighted by Gasteiger charge is 2.28. The molecule has 178 valence electrons. The van der Waals surface area contributed by atoms with Crippen molar-refractivity contribution in [3.8, 4) is 10.8 Å². The van der Waals surface area contributed by atoms with E-state index < -0.39 is 0 Å². The van der Waals surface area contributed by atoms with E-state index in [9.17, 15) is 9.90 Å². The van der Waals surface area contributed by atoms with Crippen LogP contribution in [-0.4, -0.2) is 21.8 Å². The number of nitrogens with one attached hydrogen (secondary N) is 1. The van der Waals surface area contributed by atoms with Gasteiger partial charge in [-0.1, -0.05) is 29.8 Å². The third kappa shape index (κ3) is 4.54. The summed E-state index contributed by atoms with van der Waals surface area (Å²) in [4.78, 5) is 19.5. The molecule has 35 heavy (non-hydrogen) atoms. The van der Waals surface area contributed by atoms with E-state index in [2.05, 4.69) is 34.8 Å². The molecule has 0 radical (unpaired) electrons. The number of para-hydroxylation sites is 2. The molecule has 0 unspecified atom stereocenters. The van der Waals surface area contributed by atoms with Crippen LogP contribution in [0.5, 0.6) is 5.75 Å². The molecule has 0 fully saturated rings. The summed E-state index contributed by atoms with van der Waals surface area (Å²) in [5, 5.41) is 14.2. The fourth-order valence-electron chi connectivity index (χ4n) is 4.72. The Morgan fingerprint density at radius 1 is 1.06 bits per heavy atom. The maximum atomic E-state index is 13.6. The Morgan fingerprint density at radius 3 is 2.57 bits per heavy atom. The van der Waals surface area contributed by atoms with Crippen molar-refractivity contribution in [1.82, 2.24) is 4.57 Å². The molecule has 5 nitrogen and oxygen atoms in total. The van der Waals surface area contributed by atoms with Gasteiger partial charge in [0.25, 0.3) is 5.91 Å². The lowest BCUT2D eigenvalue weighted by Gasteiger charge is -2.14. The van der Waals surface area contributed by atoms with Crippen LogP contribution in [0.1, 0.15) is 56.2 Å². The van der Waals surface area contributed by atoms with E-state index in [0.29, 0.717) is 5.69 Å². The zero-order valence-electron chi connectivity index (χ0n) is 20.3. The second-order valence-corrected chi connectivity index (χ2v) is 10.2. The number of amides is 1. The Balaban J connectivity index is 1.56. The van der Waals surface area contributed by atoms with Crippen molar-refractivity contribution >= 4 is 34.8 Å². The average Bonchev–Trinajstić information content (AvgIpc) is 3.36. The van der Waals surface area contributed by atoms with Crippen LogP contribution in [0, 0.1) is 20.8 Å². The summed E-state index contributed by atoms with van der Waals surface area (Å²) in [5.41, 5.74) is 7.50. The average molecular weight is 484 g/mol. The van der Waals surface area contributed by atoms with Gasteiger partial charge in [0.1, 0.15) is 16.4 Å². The number of carbonyl (C=O) groups excluding carboxylic acids is 1. The molecule has 2 aromatic carbocycles. The summed E-state index contributed by atoms with van der Waals surface area (Å²) in [6.45, 7) is 6.15. The summed E-state index contributed by atoms with van der Waals surface area (Å²) in [6, 6.07) is 17.0. The van der Waals surface area contributed by atoms with Gasteiger partial charge >= 0.3 is 0 Å². The summed E-state index contributed by atoms with van der Waals surface area (Å²) >= 11 is 1.73. The number of carbonyl (C=O) groups is 1. The second kappa shape index (κ2) is 9.55. The lowest BCUT2D eigenvalue weighted by atomic mass is 9.95. The van der Waals surface area contributed by atoms with Crippen LogP contribution in [0.4, 0.5) is 11.4 Å². The molecule has 0 spiro atoms. The summed E-state index contributed by atoms with van der Waals surface area (Å²) in [5.74, 6) is 0.0960. The Bertz CT molecular complexity index is 1430. The second-order valence-electron chi connectivity index (χ2n) is 9.12. The van der Waals surface area contributed by atoms with Crippen molar-refractivity contribution in [1.29, 1.82) is 0 Å². The Labute approximate surface area is 209 Å². The summed E-state index contributed by atoms with van der Waals surface area (Å²) in [6.07, 6.45) is 6.01. The monoisotopic (exact) mass is 483 g/mol. The van der Waals surface area contributed by atoms with Gasteiger partial charge in [0, 0.05) is 33.7 Å². The molecule has 2 aromatic heterocycles. The van der Waals surface area contributed by atoms with Gasteiger partial charge in [-0.2, -0.15) is 0 Å². The molecule has 0 saturated heterocycles. The minimum atomic E-state index is -0.0554. The molecule has 6 heteroatoms. The number of aliphatic imine (C=N–C) groups is 1. The van der Waals surface area contributed by atoms with Gasteiger partial charge in [0.05, 0.1) is 5.56 Å². The lowest BCUT2D eigenvalue weighted by Crippen LogP contribution is -2.17. The van der Waals surface area contributed by atoms with Crippen LogP contribution < -0.4 is 5.32 Å². The van der Waals surface area contributed by atoms with Gasteiger partial charge in [0.2, 0.25) is 0 Å². The first kappa shape index (κ1) is 23.1. The maximum absolute atomic E-state index is 13.6. The van der Waals surface area contributed by atoms with Crippen molar-refractivity contribution in [2.24, 2.45) is 4.99 Å². The highest BCUT2D eigenvalue weighted by Crippen LogP contribution is 2.39. The summed E-state index contributed by atoms with van der Waals surface area (Å²) < 4.78 is 2.18. The van der Waals surface area contributed by atoms with Gasteiger partial charge in [-0.25, -0.2) is 0 Å². The molecule has 4 aromatic rings. The highest BCUT2D eigenvalue weighted by atomic mass is 32.1. The predicted octanol–water partition coefficient (Wildman–Crippen LogP) is 7.05. The molecular formula is C29H29N3O2S. The lowest BCUT2D eigenvalue weighted by molar-refractivity contribution is 0.102. The largest absolute Gasteiger partial charge is 0.506 e. The molecule has 0 aliphatic heterocycles. The predicted molar refractivity (Wildman–Crippen MR) is 144 cm³/mol. The molecular weight excluding hydrogens is 454 g/mol. The molecule has 2 heterocycles. The number of benzene rings is 2. The number of aromatic nitrogens is 1. The first-order valence-electron chi connectivity index (χ1n) is 12.0. The van der Waals surface area contributed by atoms with Crippen LogP contribution in [0.2, 0.25) is 0 Å². The minimum absolute atomic E-state index is 0.0554. The summed E-state index contributed by atoms with van der Waals surface area (Å²) in [7, 11) is 0. The van der Waals surface area contributed by atoms with Crippen molar-refractivity contribution in [3.63, 3.8) is 0 Å². The number of aromatic hydroxyl groups is 1. The third-order valence-electron chi connectivity index (χ3n) is 6.59. The van der Waals surface area contributed by atoms with Gasteiger partial charge in [0.15, 0.2) is 0 Å². The fourth-order valence-corrected chi connectivity index (χ4v) is 6.21. The molecule has 2 N–H and O–H groups in total. The minimum Gasteiger partial charge on any atom is -0.506 e. The van der Waals surface area contributed by atoms with Crippen molar-refractivity contribution in [3.05, 3.63) is 93.1 Å². The van der Waals surface area contributed by atoms with Gasteiger partial charge in [-0.05, 0) is 82.3 Å². The molecule has 1 aliphatic carbocycles. The number of hydrogen-bond donors (Lipinski definition) is 2. The molecule has 5 rings (SSSR count). The van der Waals surface area contributed by atoms with Gasteiger partial charge in [-0.15, -0.1) is 11.3 Å². The van der Waals surface area contributed by atoms with Crippen molar-refractivity contribution in [2.45, 2.75) is 46.5 Å². The Hall–Kier alpha value is -3.64. The standard InChI is InChI=1S/C29H29N3O2S/c1-18-12-14-22(15-13-18)31-28(34)27-23-8-4-7-11-26(23)35-29(27)32-19(2)16-21(20(32)3)17-30-24-9-5-6-10-25(24)33/h5-6,9-10,12-17,33H,4,7-8,11H2,1-3H3,(H,31,34). The number of nitrogens with zero attached hydrogens (tertiary/aromatic N) is 2. The molecule has 0 saturated carbocycles. The van der Waals surface area contributed by atoms with Crippen LogP contribution in [-0.2, 0) is 12.8 Å². The highest BCUT2D eigenvalue weighted by molar-refractivity contribution is 7.15. The van der Waals surface area contributed by atoms with E-state index in [1.807, 2.05) is 37.3 Å². The number of fused-ring (bicyclic) bond motifs is 1. The van der Waals surface area contributed by atoms with E-state index >= 15 is 0 Å². The number of hydrogen-bond acceptors (Lipinski definition) is 4. The molecule has 0 atom stereocenters. The van der Waals surface area contributed by atoms with Crippen LogP contribution in [0.3, 0.4) is 0 Å². The zero-order valence-corrected chi connectivity index (χ0v) is 21.1. The van der Waals surface area contributed by atoms with E-state index in [0.717, 1.165) is 64.4 Å². The van der Waals surface area contributed by atoms with Crippen molar-refractivity contribution in [2.75, 3.05) is 5.32 Å². The molecule has 1 aliphatic rings. The van der Waals surface area contributed by atoms with E-state index in [1.54, 1.807) is 35.8 Å². The normalized spacial score (nSPS) is 13.2. The quantitative estimate of drug-likeness (QED) is 0.299. The van der Waals surface area contributed by atoms with E-state index in [-0.39, 0.29) is 11.7 Å². The first-order valence-corrected chi connectivity index (χ1v) is 12.8. The van der Waals surface area contributed by atoms with Gasteiger partial charge < -0.3 is 15.0 Å².